The van der Waals surface area contributed by atoms with Gasteiger partial charge in [0.1, 0.15) is 5.82 Å². The maximum absolute atomic E-state index is 12.0. The van der Waals surface area contributed by atoms with Crippen LogP contribution in [0.2, 0.25) is 0 Å². The minimum absolute atomic E-state index is 0.103. The molecule has 3 heteroatoms. The maximum atomic E-state index is 12.0. The lowest BCUT2D eigenvalue weighted by molar-refractivity contribution is 0.0946. The monoisotopic (exact) mass is 226 g/mol. The van der Waals surface area contributed by atoms with Crippen molar-refractivity contribution in [3.8, 4) is 11.4 Å². The molecule has 1 heterocycles. The van der Waals surface area contributed by atoms with Gasteiger partial charge in [-0.15, -0.1) is 0 Å². The molecule has 1 aromatic heterocycles. The molecule has 86 valence electrons. The predicted molar refractivity (Wildman–Crippen MR) is 65.8 cm³/mol. The van der Waals surface area contributed by atoms with Crippen LogP contribution in [0.3, 0.4) is 0 Å². The van der Waals surface area contributed by atoms with Crippen LogP contribution in [-0.4, -0.2) is 15.3 Å². The van der Waals surface area contributed by atoms with Crippen LogP contribution in [0.4, 0.5) is 0 Å². The zero-order valence-electron chi connectivity index (χ0n) is 9.97. The molecule has 1 aromatic carbocycles. The molecular formula is C14H14N2O. The molecule has 0 saturated carbocycles. The first-order valence-electron chi connectivity index (χ1n) is 5.82. The van der Waals surface area contributed by atoms with E-state index in [4.69, 9.17) is 0 Å². The van der Waals surface area contributed by atoms with Crippen molar-refractivity contribution in [2.24, 2.45) is 13.0 Å². The molecule has 1 aliphatic rings. The van der Waals surface area contributed by atoms with Gasteiger partial charge in [-0.2, -0.15) is 0 Å². The Hall–Kier alpha value is -1.90. The van der Waals surface area contributed by atoms with E-state index >= 15 is 0 Å². The number of hydrogen-bond acceptors (Lipinski definition) is 2. The fraction of sp³-hybridized carbons (Fsp3) is 0.286. The molecule has 0 N–H and O–H groups in total. The Balaban J connectivity index is 2.22. The topological polar surface area (TPSA) is 34.9 Å². The number of fused-ring (bicyclic) bond motifs is 1. The van der Waals surface area contributed by atoms with E-state index < -0.39 is 0 Å². The van der Waals surface area contributed by atoms with Crippen LogP contribution in [0, 0.1) is 5.92 Å². The smallest absolute Gasteiger partial charge is 0.166 e. The van der Waals surface area contributed by atoms with E-state index in [1.54, 1.807) is 6.20 Å². The third-order valence-electron chi connectivity index (χ3n) is 3.46. The summed E-state index contributed by atoms with van der Waals surface area (Å²) < 4.78 is 1.99. The quantitative estimate of drug-likeness (QED) is 0.748. The van der Waals surface area contributed by atoms with Crippen LogP contribution in [0.1, 0.15) is 22.8 Å². The number of imidazole rings is 1. The van der Waals surface area contributed by atoms with E-state index in [1.165, 1.54) is 0 Å². The molecule has 1 unspecified atom stereocenters. The summed E-state index contributed by atoms with van der Waals surface area (Å²) in [4.78, 5) is 16.3. The Morgan fingerprint density at radius 2 is 2.12 bits per heavy atom. The van der Waals surface area contributed by atoms with Gasteiger partial charge in [0.2, 0.25) is 0 Å². The summed E-state index contributed by atoms with van der Waals surface area (Å²) in [5.41, 5.74) is 3.12. The average molecular weight is 226 g/mol. The van der Waals surface area contributed by atoms with Crippen LogP contribution in [0.25, 0.3) is 11.4 Å². The van der Waals surface area contributed by atoms with E-state index in [-0.39, 0.29) is 11.7 Å². The molecule has 0 aliphatic heterocycles. The molecule has 0 bridgehead atoms. The SMILES string of the molecule is CC1Cc2c(cccc2-c2nccn2C)C1=O. The fourth-order valence-electron chi connectivity index (χ4n) is 2.54. The van der Waals surface area contributed by atoms with Gasteiger partial charge in [-0.25, -0.2) is 4.98 Å². The van der Waals surface area contributed by atoms with Crippen molar-refractivity contribution in [2.45, 2.75) is 13.3 Å². The minimum Gasteiger partial charge on any atom is -0.334 e. The third-order valence-corrected chi connectivity index (χ3v) is 3.46. The third kappa shape index (κ3) is 1.42. The van der Waals surface area contributed by atoms with Crippen LogP contribution in [0.15, 0.2) is 30.6 Å². The van der Waals surface area contributed by atoms with Crippen LogP contribution in [-0.2, 0) is 13.5 Å². The molecule has 1 atom stereocenters. The molecule has 2 aromatic rings. The van der Waals surface area contributed by atoms with Gasteiger partial charge in [-0.1, -0.05) is 25.1 Å². The summed E-state index contributed by atoms with van der Waals surface area (Å²) in [7, 11) is 1.97. The second-order valence-corrected chi connectivity index (χ2v) is 4.66. The highest BCUT2D eigenvalue weighted by molar-refractivity contribution is 6.03. The first-order valence-corrected chi connectivity index (χ1v) is 5.82. The van der Waals surface area contributed by atoms with Gasteiger partial charge in [0, 0.05) is 36.5 Å². The Morgan fingerprint density at radius 3 is 2.82 bits per heavy atom. The van der Waals surface area contributed by atoms with Crippen molar-refractivity contribution in [2.75, 3.05) is 0 Å². The predicted octanol–water partition coefficient (Wildman–Crippen LogP) is 2.46. The van der Waals surface area contributed by atoms with E-state index in [1.807, 2.05) is 42.9 Å². The number of nitrogens with zero attached hydrogens (tertiary/aromatic N) is 2. The first-order chi connectivity index (χ1) is 8.18. The van der Waals surface area contributed by atoms with Gasteiger partial charge in [0.15, 0.2) is 5.78 Å². The number of carbonyl (C=O) groups excluding carboxylic acids is 1. The summed E-state index contributed by atoms with van der Waals surface area (Å²) >= 11 is 0. The van der Waals surface area contributed by atoms with Gasteiger partial charge in [0.05, 0.1) is 0 Å². The molecule has 0 amide bonds. The number of Topliss-reactive ketones (excluding diaryl/α,β-unsaturated/α-hetero) is 1. The Morgan fingerprint density at radius 1 is 1.35 bits per heavy atom. The minimum atomic E-state index is 0.103. The van der Waals surface area contributed by atoms with Gasteiger partial charge in [0.25, 0.3) is 0 Å². The highest BCUT2D eigenvalue weighted by Gasteiger charge is 2.29. The molecule has 3 nitrogen and oxygen atoms in total. The summed E-state index contributed by atoms with van der Waals surface area (Å²) in [6.45, 7) is 1.99. The number of hydrogen-bond donors (Lipinski definition) is 0. The molecule has 1 aliphatic carbocycles. The van der Waals surface area contributed by atoms with Gasteiger partial charge in [-0.3, -0.25) is 4.79 Å². The van der Waals surface area contributed by atoms with Crippen molar-refractivity contribution in [3.05, 3.63) is 41.7 Å². The highest BCUT2D eigenvalue weighted by Crippen LogP contribution is 2.33. The standard InChI is InChI=1S/C14H14N2O/c1-9-8-12-10(13(9)17)4-3-5-11(12)14-15-6-7-16(14)2/h3-7,9H,8H2,1-2H3. The van der Waals surface area contributed by atoms with Crippen LogP contribution >= 0.6 is 0 Å². The van der Waals surface area contributed by atoms with E-state index in [0.717, 1.165) is 28.9 Å². The Bertz CT molecular complexity index is 598. The van der Waals surface area contributed by atoms with E-state index in [2.05, 4.69) is 4.98 Å². The molecule has 17 heavy (non-hydrogen) atoms. The normalized spacial score (nSPS) is 18.5. The van der Waals surface area contributed by atoms with Crippen molar-refractivity contribution >= 4 is 5.78 Å². The Labute approximate surface area is 100 Å². The van der Waals surface area contributed by atoms with Crippen molar-refractivity contribution < 1.29 is 4.79 Å². The average Bonchev–Trinajstić information content (AvgIpc) is 2.85. The molecule has 0 saturated heterocycles. The summed E-state index contributed by atoms with van der Waals surface area (Å²) in [5, 5.41) is 0. The molecule has 3 rings (SSSR count). The molecule has 0 spiro atoms. The molecule has 0 radical (unpaired) electrons. The summed E-state index contributed by atoms with van der Waals surface area (Å²) in [6.07, 6.45) is 4.54. The van der Waals surface area contributed by atoms with E-state index in [9.17, 15) is 4.79 Å². The lowest BCUT2D eigenvalue weighted by Gasteiger charge is -2.07. The number of aryl methyl sites for hydroxylation is 1. The lowest BCUT2D eigenvalue weighted by Crippen LogP contribution is -2.02. The summed E-state index contributed by atoms with van der Waals surface area (Å²) in [5.74, 6) is 1.30. The maximum Gasteiger partial charge on any atom is 0.166 e. The lowest BCUT2D eigenvalue weighted by atomic mass is 10.0. The fourth-order valence-corrected chi connectivity index (χ4v) is 2.54. The first kappa shape index (κ1) is 10.3. The van der Waals surface area contributed by atoms with Gasteiger partial charge in [-0.05, 0) is 12.0 Å². The number of rotatable bonds is 1. The van der Waals surface area contributed by atoms with Crippen LogP contribution in [0.5, 0.6) is 0 Å². The number of aromatic nitrogens is 2. The van der Waals surface area contributed by atoms with Crippen molar-refractivity contribution in [3.63, 3.8) is 0 Å². The number of benzene rings is 1. The van der Waals surface area contributed by atoms with E-state index in [0.29, 0.717) is 0 Å². The number of carbonyl (C=O) groups is 1. The highest BCUT2D eigenvalue weighted by atomic mass is 16.1. The van der Waals surface area contributed by atoms with Crippen molar-refractivity contribution in [1.29, 1.82) is 0 Å². The second-order valence-electron chi connectivity index (χ2n) is 4.66. The van der Waals surface area contributed by atoms with Gasteiger partial charge < -0.3 is 4.57 Å². The Kier molecular flexibility index (Phi) is 2.15. The summed E-state index contributed by atoms with van der Waals surface area (Å²) in [6, 6.07) is 5.92. The van der Waals surface area contributed by atoms with Crippen molar-refractivity contribution in [1.82, 2.24) is 9.55 Å². The zero-order chi connectivity index (χ0) is 12.0. The number of ketones is 1. The largest absolute Gasteiger partial charge is 0.334 e. The zero-order valence-corrected chi connectivity index (χ0v) is 9.97. The molecule has 0 fully saturated rings. The second kappa shape index (κ2) is 3.55. The molecular weight excluding hydrogens is 212 g/mol. The van der Waals surface area contributed by atoms with Gasteiger partial charge >= 0.3 is 0 Å². The van der Waals surface area contributed by atoms with Crippen LogP contribution < -0.4 is 0 Å².